The van der Waals surface area contributed by atoms with E-state index in [-0.39, 0.29) is 5.91 Å². The molecule has 0 aliphatic carbocycles. The molecule has 0 spiro atoms. The third-order valence-corrected chi connectivity index (χ3v) is 4.21. The van der Waals surface area contributed by atoms with E-state index in [2.05, 4.69) is 37.4 Å². The molecule has 0 bridgehead atoms. The number of carbonyl (C=O) groups excluding carboxylic acids is 1. The largest absolute Gasteiger partial charge is 0.324 e. The van der Waals surface area contributed by atoms with Gasteiger partial charge in [0.1, 0.15) is 6.54 Å². The Morgan fingerprint density at radius 3 is 2.43 bits per heavy atom. The minimum Gasteiger partial charge on any atom is -0.324 e. The summed E-state index contributed by atoms with van der Waals surface area (Å²) in [6.07, 6.45) is 0.922. The molecule has 122 valence electrons. The van der Waals surface area contributed by atoms with E-state index in [1.54, 1.807) is 0 Å². The standard InChI is InChI=1S/C20H26N2O/c1-4-18-13-9-10-16(3)20(18)21-19(23)15-22(5-2)14-17-11-7-6-8-12-17/h6-13H,4-5,14-15H2,1-3H3,(H,21,23)/p+1. The van der Waals surface area contributed by atoms with Crippen molar-refractivity contribution in [3.8, 4) is 0 Å². The Bertz CT molecular complexity index is 637. The zero-order valence-electron chi connectivity index (χ0n) is 14.4. The number of likely N-dealkylation sites (N-methyl/N-ethyl adjacent to an activating group) is 1. The highest BCUT2D eigenvalue weighted by molar-refractivity contribution is 5.93. The van der Waals surface area contributed by atoms with E-state index in [9.17, 15) is 4.79 Å². The summed E-state index contributed by atoms with van der Waals surface area (Å²) in [6.45, 7) is 8.57. The SMILES string of the molecule is CCc1cccc(C)c1NC(=O)C[NH+](CC)Cc1ccccc1. The zero-order chi connectivity index (χ0) is 16.7. The molecule has 2 rings (SSSR count). The Kier molecular flexibility index (Phi) is 6.36. The van der Waals surface area contributed by atoms with Crippen LogP contribution in [-0.4, -0.2) is 19.0 Å². The highest BCUT2D eigenvalue weighted by atomic mass is 16.2. The summed E-state index contributed by atoms with van der Waals surface area (Å²) in [7, 11) is 0. The van der Waals surface area contributed by atoms with Crippen LogP contribution in [0, 0.1) is 6.92 Å². The number of carbonyl (C=O) groups is 1. The summed E-state index contributed by atoms with van der Waals surface area (Å²) in [5.41, 5.74) is 4.57. The topological polar surface area (TPSA) is 33.5 Å². The third-order valence-electron chi connectivity index (χ3n) is 4.21. The van der Waals surface area contributed by atoms with Gasteiger partial charge in [0.2, 0.25) is 0 Å². The fourth-order valence-corrected chi connectivity index (χ4v) is 2.81. The molecule has 23 heavy (non-hydrogen) atoms. The number of hydrogen-bond donors (Lipinski definition) is 2. The number of nitrogens with one attached hydrogen (secondary N) is 2. The molecule has 0 heterocycles. The monoisotopic (exact) mass is 311 g/mol. The van der Waals surface area contributed by atoms with Crippen LogP contribution < -0.4 is 10.2 Å². The maximum atomic E-state index is 12.5. The highest BCUT2D eigenvalue weighted by Crippen LogP contribution is 2.20. The van der Waals surface area contributed by atoms with Crippen LogP contribution >= 0.6 is 0 Å². The first-order valence-electron chi connectivity index (χ1n) is 8.39. The van der Waals surface area contributed by atoms with Crippen LogP contribution in [0.5, 0.6) is 0 Å². The molecule has 0 saturated carbocycles. The molecular formula is C20H27N2O+. The van der Waals surface area contributed by atoms with E-state index in [1.165, 1.54) is 16.0 Å². The number of rotatable bonds is 7. The van der Waals surface area contributed by atoms with Crippen molar-refractivity contribution in [3.63, 3.8) is 0 Å². The Morgan fingerprint density at radius 2 is 1.78 bits per heavy atom. The second kappa shape index (κ2) is 8.49. The van der Waals surface area contributed by atoms with Gasteiger partial charge >= 0.3 is 0 Å². The van der Waals surface area contributed by atoms with Crippen LogP contribution in [-0.2, 0) is 17.8 Å². The molecule has 1 amide bonds. The zero-order valence-corrected chi connectivity index (χ0v) is 14.4. The van der Waals surface area contributed by atoms with E-state index < -0.39 is 0 Å². The van der Waals surface area contributed by atoms with Crippen molar-refractivity contribution in [1.29, 1.82) is 0 Å². The van der Waals surface area contributed by atoms with E-state index in [1.807, 2.05) is 37.3 Å². The van der Waals surface area contributed by atoms with Gasteiger partial charge in [0.05, 0.1) is 6.54 Å². The molecular weight excluding hydrogens is 284 g/mol. The quantitative estimate of drug-likeness (QED) is 0.810. The van der Waals surface area contributed by atoms with Crippen molar-refractivity contribution in [2.24, 2.45) is 0 Å². The first-order chi connectivity index (χ1) is 11.1. The van der Waals surface area contributed by atoms with Gasteiger partial charge < -0.3 is 10.2 Å². The van der Waals surface area contributed by atoms with E-state index in [4.69, 9.17) is 0 Å². The molecule has 0 saturated heterocycles. The molecule has 1 unspecified atom stereocenters. The number of hydrogen-bond acceptors (Lipinski definition) is 1. The Morgan fingerprint density at radius 1 is 1.04 bits per heavy atom. The van der Waals surface area contributed by atoms with Gasteiger partial charge in [-0.15, -0.1) is 0 Å². The molecule has 0 aliphatic heterocycles. The van der Waals surface area contributed by atoms with Gasteiger partial charge in [-0.05, 0) is 31.4 Å². The molecule has 0 aromatic heterocycles. The summed E-state index contributed by atoms with van der Waals surface area (Å²) in [5.74, 6) is 0.0850. The van der Waals surface area contributed by atoms with Gasteiger partial charge in [0, 0.05) is 11.3 Å². The smallest absolute Gasteiger partial charge is 0.279 e. The van der Waals surface area contributed by atoms with Crippen molar-refractivity contribution in [2.75, 3.05) is 18.4 Å². The van der Waals surface area contributed by atoms with E-state index in [0.717, 1.165) is 30.8 Å². The van der Waals surface area contributed by atoms with Crippen LogP contribution in [0.25, 0.3) is 0 Å². The van der Waals surface area contributed by atoms with Gasteiger partial charge in [-0.25, -0.2) is 0 Å². The minimum absolute atomic E-state index is 0.0850. The number of anilines is 1. The molecule has 0 aliphatic rings. The number of amides is 1. The molecule has 2 N–H and O–H groups in total. The average Bonchev–Trinajstić information content (AvgIpc) is 2.57. The van der Waals surface area contributed by atoms with Crippen LogP contribution in [0.2, 0.25) is 0 Å². The van der Waals surface area contributed by atoms with Crippen molar-refractivity contribution in [2.45, 2.75) is 33.7 Å². The van der Waals surface area contributed by atoms with Crippen molar-refractivity contribution in [1.82, 2.24) is 0 Å². The first-order valence-corrected chi connectivity index (χ1v) is 8.39. The minimum atomic E-state index is 0.0850. The maximum absolute atomic E-state index is 12.5. The normalized spacial score (nSPS) is 12.0. The first kappa shape index (κ1) is 17.2. The lowest BCUT2D eigenvalue weighted by Gasteiger charge is -2.19. The molecule has 0 fully saturated rings. The fraction of sp³-hybridized carbons (Fsp3) is 0.350. The van der Waals surface area contributed by atoms with Gasteiger partial charge in [0.15, 0.2) is 6.54 Å². The summed E-state index contributed by atoms with van der Waals surface area (Å²) >= 11 is 0. The third kappa shape index (κ3) is 4.93. The molecule has 3 heteroatoms. The Hall–Kier alpha value is -2.13. The van der Waals surface area contributed by atoms with Crippen molar-refractivity contribution in [3.05, 3.63) is 65.2 Å². The van der Waals surface area contributed by atoms with E-state index >= 15 is 0 Å². The number of quaternary nitrogens is 1. The number of para-hydroxylation sites is 1. The van der Waals surface area contributed by atoms with E-state index in [0.29, 0.717) is 6.54 Å². The lowest BCUT2D eigenvalue weighted by atomic mass is 10.1. The molecule has 2 aromatic rings. The van der Waals surface area contributed by atoms with Gasteiger partial charge in [-0.1, -0.05) is 55.5 Å². The van der Waals surface area contributed by atoms with Crippen molar-refractivity contribution >= 4 is 11.6 Å². The summed E-state index contributed by atoms with van der Waals surface area (Å²) in [6, 6.07) is 16.5. The number of aryl methyl sites for hydroxylation is 2. The second-order valence-electron chi connectivity index (χ2n) is 5.95. The summed E-state index contributed by atoms with van der Waals surface area (Å²) in [4.78, 5) is 13.7. The maximum Gasteiger partial charge on any atom is 0.279 e. The van der Waals surface area contributed by atoms with Crippen LogP contribution in [0.4, 0.5) is 5.69 Å². The lowest BCUT2D eigenvalue weighted by Crippen LogP contribution is -3.11. The van der Waals surface area contributed by atoms with Crippen molar-refractivity contribution < 1.29 is 9.69 Å². The Labute approximate surface area is 139 Å². The Balaban J connectivity index is 2.01. The molecule has 3 nitrogen and oxygen atoms in total. The summed E-state index contributed by atoms with van der Waals surface area (Å²) < 4.78 is 0. The molecule has 2 aromatic carbocycles. The van der Waals surface area contributed by atoms with Crippen LogP contribution in [0.1, 0.15) is 30.5 Å². The predicted molar refractivity (Wildman–Crippen MR) is 95.7 cm³/mol. The van der Waals surface area contributed by atoms with Gasteiger partial charge in [-0.3, -0.25) is 4.79 Å². The average molecular weight is 311 g/mol. The molecule has 0 radical (unpaired) electrons. The lowest BCUT2D eigenvalue weighted by molar-refractivity contribution is -0.903. The number of benzene rings is 2. The highest BCUT2D eigenvalue weighted by Gasteiger charge is 2.15. The van der Waals surface area contributed by atoms with Gasteiger partial charge in [0.25, 0.3) is 5.91 Å². The molecule has 1 atom stereocenters. The van der Waals surface area contributed by atoms with Crippen LogP contribution in [0.15, 0.2) is 48.5 Å². The summed E-state index contributed by atoms with van der Waals surface area (Å²) in [5, 5.41) is 3.12. The predicted octanol–water partition coefficient (Wildman–Crippen LogP) is 2.60. The fourth-order valence-electron chi connectivity index (χ4n) is 2.81. The van der Waals surface area contributed by atoms with Crippen LogP contribution in [0.3, 0.4) is 0 Å². The second-order valence-corrected chi connectivity index (χ2v) is 5.95. The van der Waals surface area contributed by atoms with Gasteiger partial charge in [-0.2, -0.15) is 0 Å².